The Bertz CT molecular complexity index is 1390. The summed E-state index contributed by atoms with van der Waals surface area (Å²) in [7, 11) is 0. The third-order valence-corrected chi connectivity index (χ3v) is 6.21. The van der Waals surface area contributed by atoms with Crippen molar-refractivity contribution >= 4 is 17.1 Å². The predicted octanol–water partition coefficient (Wildman–Crippen LogP) is 3.86. The fourth-order valence-corrected chi connectivity index (χ4v) is 4.18. The first-order valence-corrected chi connectivity index (χ1v) is 11.6. The van der Waals surface area contributed by atoms with Crippen molar-refractivity contribution < 1.29 is 13.7 Å². The first kappa shape index (κ1) is 22.9. The van der Waals surface area contributed by atoms with E-state index in [4.69, 9.17) is 4.52 Å². The van der Waals surface area contributed by atoms with Gasteiger partial charge in [-0.25, -0.2) is 13.9 Å². The molecule has 1 aliphatic heterocycles. The molecule has 0 spiro atoms. The number of hydrogen-bond donors (Lipinski definition) is 1. The fourth-order valence-electron chi connectivity index (χ4n) is 4.18. The van der Waals surface area contributed by atoms with Gasteiger partial charge in [0.25, 0.3) is 11.7 Å². The van der Waals surface area contributed by atoms with Crippen LogP contribution in [0.4, 0.5) is 10.1 Å². The average Bonchev–Trinajstić information content (AvgIpc) is 3.56. The van der Waals surface area contributed by atoms with Crippen molar-refractivity contribution in [1.82, 2.24) is 30.1 Å². The van der Waals surface area contributed by atoms with Gasteiger partial charge in [0, 0.05) is 30.6 Å². The Hall–Kier alpha value is -3.82. The molecule has 9 nitrogen and oxygen atoms in total. The van der Waals surface area contributed by atoms with Crippen LogP contribution in [0.3, 0.4) is 0 Å². The Labute approximate surface area is 202 Å². The van der Waals surface area contributed by atoms with Gasteiger partial charge in [-0.15, -0.1) is 0 Å². The largest absolute Gasteiger partial charge is 0.367 e. The van der Waals surface area contributed by atoms with Crippen LogP contribution < -0.4 is 10.2 Å². The van der Waals surface area contributed by atoms with Crippen molar-refractivity contribution in [2.45, 2.75) is 52.2 Å². The maximum absolute atomic E-state index is 13.7. The average molecular weight is 478 g/mol. The lowest BCUT2D eigenvalue weighted by Crippen LogP contribution is -2.24. The molecule has 1 amide bonds. The number of fused-ring (bicyclic) bond motifs is 1. The number of amides is 1. The lowest BCUT2D eigenvalue weighted by Gasteiger charge is -2.14. The summed E-state index contributed by atoms with van der Waals surface area (Å²) in [4.78, 5) is 23.2. The molecule has 4 heterocycles. The molecular weight excluding hydrogens is 449 g/mol. The van der Waals surface area contributed by atoms with Crippen LogP contribution in [0.25, 0.3) is 16.8 Å². The number of hydrogen-bond acceptors (Lipinski definition) is 7. The summed E-state index contributed by atoms with van der Waals surface area (Å²) in [6.07, 6.45) is 3.19. The number of aromatic nitrogens is 5. The van der Waals surface area contributed by atoms with E-state index in [1.165, 1.54) is 6.33 Å². The van der Waals surface area contributed by atoms with Gasteiger partial charge in [0.05, 0.1) is 23.1 Å². The van der Waals surface area contributed by atoms with Gasteiger partial charge in [0.1, 0.15) is 12.5 Å². The Kier molecular flexibility index (Phi) is 5.74. The molecule has 0 bridgehead atoms. The Morgan fingerprint density at radius 2 is 2.11 bits per heavy atom. The summed E-state index contributed by atoms with van der Waals surface area (Å²) in [6, 6.07) is 7.99. The van der Waals surface area contributed by atoms with E-state index >= 15 is 0 Å². The highest BCUT2D eigenvalue weighted by Crippen LogP contribution is 2.30. The standard InChI is InChI=1S/C25H28FN7O2/c1-15-9-16(5-6-17(15)11-27-23(34)22-30-24(35-31-22)25(2,3)4)21-20-10-19(13-33(20)29-14-28-21)32-8-7-18(26)12-32/h5-6,9-10,13-14,18H,7-8,11-12H2,1-4H3,(H,27,34)/t18-/m1/s1. The normalized spacial score (nSPS) is 16.3. The van der Waals surface area contributed by atoms with E-state index in [2.05, 4.69) is 25.5 Å². The van der Waals surface area contributed by atoms with Gasteiger partial charge in [-0.3, -0.25) is 4.79 Å². The van der Waals surface area contributed by atoms with Crippen LogP contribution in [0.5, 0.6) is 0 Å². The van der Waals surface area contributed by atoms with Crippen LogP contribution in [-0.2, 0) is 12.0 Å². The van der Waals surface area contributed by atoms with Gasteiger partial charge >= 0.3 is 0 Å². The van der Waals surface area contributed by atoms with E-state index in [0.717, 1.165) is 33.6 Å². The summed E-state index contributed by atoms with van der Waals surface area (Å²) in [5, 5.41) is 11.0. The zero-order chi connectivity index (χ0) is 24.7. The van der Waals surface area contributed by atoms with Crippen LogP contribution in [0.1, 0.15) is 54.8 Å². The predicted molar refractivity (Wildman–Crippen MR) is 129 cm³/mol. The lowest BCUT2D eigenvalue weighted by atomic mass is 9.97. The van der Waals surface area contributed by atoms with Crippen molar-refractivity contribution in [2.75, 3.05) is 18.0 Å². The van der Waals surface area contributed by atoms with E-state index in [-0.39, 0.29) is 17.1 Å². The Morgan fingerprint density at radius 3 is 2.80 bits per heavy atom. The second-order valence-corrected chi connectivity index (χ2v) is 9.97. The van der Waals surface area contributed by atoms with Crippen LogP contribution >= 0.6 is 0 Å². The number of carbonyl (C=O) groups is 1. The molecule has 10 heteroatoms. The van der Waals surface area contributed by atoms with Gasteiger partial charge < -0.3 is 14.7 Å². The number of nitrogens with one attached hydrogen (secondary N) is 1. The molecule has 1 aromatic carbocycles. The number of nitrogens with zero attached hydrogens (tertiary/aromatic N) is 6. The maximum atomic E-state index is 13.7. The monoisotopic (exact) mass is 477 g/mol. The van der Waals surface area contributed by atoms with Gasteiger partial charge in [-0.1, -0.05) is 38.1 Å². The third kappa shape index (κ3) is 4.60. The van der Waals surface area contributed by atoms with Crippen molar-refractivity contribution in [3.63, 3.8) is 0 Å². The minimum atomic E-state index is -0.792. The molecular formula is C25H28FN7O2. The van der Waals surface area contributed by atoms with Crippen molar-refractivity contribution in [1.29, 1.82) is 0 Å². The molecule has 0 unspecified atom stereocenters. The topological polar surface area (TPSA) is 101 Å². The van der Waals surface area contributed by atoms with E-state index in [0.29, 0.717) is 31.9 Å². The SMILES string of the molecule is Cc1cc(-c2ncnn3cc(N4CC[C@@H](F)C4)cc23)ccc1CNC(=O)c1noc(C(C)(C)C)n1. The number of aryl methyl sites for hydroxylation is 1. The van der Waals surface area contributed by atoms with Crippen LogP contribution in [0.15, 0.2) is 41.3 Å². The highest BCUT2D eigenvalue weighted by molar-refractivity contribution is 5.90. The molecule has 0 aliphatic carbocycles. The molecule has 182 valence electrons. The molecule has 4 aromatic rings. The smallest absolute Gasteiger partial charge is 0.292 e. The number of carbonyl (C=O) groups excluding carboxylic acids is 1. The molecule has 0 saturated carbocycles. The summed E-state index contributed by atoms with van der Waals surface area (Å²) in [5.74, 6) is 0.0548. The van der Waals surface area contributed by atoms with Gasteiger partial charge in [-0.05, 0) is 36.6 Å². The van der Waals surface area contributed by atoms with Gasteiger partial charge in [-0.2, -0.15) is 10.1 Å². The fraction of sp³-hybridized carbons (Fsp3) is 0.400. The van der Waals surface area contributed by atoms with Crippen LogP contribution in [0, 0.1) is 6.92 Å². The van der Waals surface area contributed by atoms with E-state index in [1.807, 2.05) is 63.1 Å². The van der Waals surface area contributed by atoms with Gasteiger partial charge in [0.15, 0.2) is 0 Å². The van der Waals surface area contributed by atoms with E-state index < -0.39 is 6.17 Å². The Morgan fingerprint density at radius 1 is 1.29 bits per heavy atom. The second kappa shape index (κ2) is 8.75. The first-order valence-electron chi connectivity index (χ1n) is 11.6. The third-order valence-electron chi connectivity index (χ3n) is 6.21. The first-order chi connectivity index (χ1) is 16.7. The highest BCUT2D eigenvalue weighted by Gasteiger charge is 2.25. The highest BCUT2D eigenvalue weighted by atomic mass is 19.1. The lowest BCUT2D eigenvalue weighted by molar-refractivity contribution is 0.0937. The minimum Gasteiger partial charge on any atom is -0.367 e. The zero-order valence-electron chi connectivity index (χ0n) is 20.2. The number of halogens is 1. The molecule has 3 aromatic heterocycles. The van der Waals surface area contributed by atoms with E-state index in [9.17, 15) is 9.18 Å². The van der Waals surface area contributed by atoms with Crippen LogP contribution in [0.2, 0.25) is 0 Å². The van der Waals surface area contributed by atoms with Crippen molar-refractivity contribution in [2.24, 2.45) is 0 Å². The zero-order valence-corrected chi connectivity index (χ0v) is 20.2. The Balaban J connectivity index is 1.33. The summed E-state index contributed by atoms with van der Waals surface area (Å²) >= 11 is 0. The second-order valence-electron chi connectivity index (χ2n) is 9.97. The van der Waals surface area contributed by atoms with Crippen LogP contribution in [-0.4, -0.2) is 49.9 Å². The molecule has 1 saturated heterocycles. The van der Waals surface area contributed by atoms with Crippen molar-refractivity contribution in [3.05, 3.63) is 59.6 Å². The summed E-state index contributed by atoms with van der Waals surface area (Å²) in [6.45, 7) is 9.25. The molecule has 1 N–H and O–H groups in total. The molecule has 1 fully saturated rings. The quantitative estimate of drug-likeness (QED) is 0.466. The number of alkyl halides is 1. The minimum absolute atomic E-state index is 0.0219. The van der Waals surface area contributed by atoms with Gasteiger partial charge in [0.2, 0.25) is 5.89 Å². The number of anilines is 1. The molecule has 0 radical (unpaired) electrons. The van der Waals surface area contributed by atoms with Crippen molar-refractivity contribution in [3.8, 4) is 11.3 Å². The number of benzene rings is 1. The summed E-state index contributed by atoms with van der Waals surface area (Å²) in [5.41, 5.74) is 5.18. The molecule has 1 aliphatic rings. The maximum Gasteiger partial charge on any atom is 0.292 e. The molecule has 5 rings (SSSR count). The number of rotatable bonds is 5. The van der Waals surface area contributed by atoms with E-state index in [1.54, 1.807) is 4.52 Å². The molecule has 1 atom stereocenters. The molecule has 35 heavy (non-hydrogen) atoms. The summed E-state index contributed by atoms with van der Waals surface area (Å²) < 4.78 is 20.7.